The van der Waals surface area contributed by atoms with Crippen molar-refractivity contribution in [2.24, 2.45) is 7.05 Å². The Bertz CT molecular complexity index is 1160. The molecule has 0 spiro atoms. The van der Waals surface area contributed by atoms with Crippen molar-refractivity contribution >= 4 is 22.7 Å². The van der Waals surface area contributed by atoms with Crippen LogP contribution in [0.1, 0.15) is 65.3 Å². The number of fused-ring (bicyclic) bond motifs is 2. The SMILES string of the molecule is Cc1c([C@H]2c3ccccc3C(=O)N2CC(=O)NC2CCCCC2)c2ccccc2n1C. The lowest BCUT2D eigenvalue weighted by molar-refractivity contribution is -0.122. The third-order valence-corrected chi connectivity index (χ3v) is 7.06. The Kier molecular flexibility index (Phi) is 5.05. The summed E-state index contributed by atoms with van der Waals surface area (Å²) in [6.07, 6.45) is 5.64. The molecule has 1 aliphatic heterocycles. The Labute approximate surface area is 183 Å². The predicted octanol–water partition coefficient (Wildman–Crippen LogP) is 4.48. The van der Waals surface area contributed by atoms with Crippen molar-refractivity contribution in [3.05, 3.63) is 70.9 Å². The lowest BCUT2D eigenvalue weighted by Gasteiger charge is -2.28. The number of carbonyl (C=O) groups excluding carboxylic acids is 2. The van der Waals surface area contributed by atoms with Gasteiger partial charge < -0.3 is 14.8 Å². The van der Waals surface area contributed by atoms with Crippen LogP contribution in [0, 0.1) is 6.92 Å². The highest BCUT2D eigenvalue weighted by Crippen LogP contribution is 2.43. The topological polar surface area (TPSA) is 54.3 Å². The summed E-state index contributed by atoms with van der Waals surface area (Å²) in [5.74, 6) is -0.123. The van der Waals surface area contributed by atoms with Crippen LogP contribution < -0.4 is 5.32 Å². The molecule has 2 aliphatic rings. The summed E-state index contributed by atoms with van der Waals surface area (Å²) in [5, 5.41) is 4.32. The molecule has 5 nitrogen and oxygen atoms in total. The van der Waals surface area contributed by atoms with E-state index in [9.17, 15) is 9.59 Å². The van der Waals surface area contributed by atoms with E-state index in [1.54, 1.807) is 4.90 Å². The minimum atomic E-state index is -0.257. The number of hydrogen-bond acceptors (Lipinski definition) is 2. The van der Waals surface area contributed by atoms with Crippen molar-refractivity contribution in [1.29, 1.82) is 0 Å². The molecular weight excluding hydrogens is 386 g/mol. The fourth-order valence-electron chi connectivity index (χ4n) is 5.41. The molecule has 0 bridgehead atoms. The molecule has 5 heteroatoms. The molecule has 2 heterocycles. The summed E-state index contributed by atoms with van der Waals surface area (Å²) in [4.78, 5) is 28.1. The van der Waals surface area contributed by atoms with Crippen molar-refractivity contribution in [2.45, 2.75) is 51.1 Å². The maximum absolute atomic E-state index is 13.4. The summed E-state index contributed by atoms with van der Waals surface area (Å²) in [7, 11) is 2.06. The minimum absolute atomic E-state index is 0.0593. The molecule has 1 aromatic heterocycles. The maximum Gasteiger partial charge on any atom is 0.255 e. The van der Waals surface area contributed by atoms with Crippen LogP contribution in [0.2, 0.25) is 0 Å². The van der Waals surface area contributed by atoms with E-state index in [4.69, 9.17) is 0 Å². The molecular formula is C26H29N3O2. The van der Waals surface area contributed by atoms with Gasteiger partial charge in [0.05, 0.1) is 6.04 Å². The highest BCUT2D eigenvalue weighted by atomic mass is 16.2. The molecule has 1 N–H and O–H groups in total. The monoisotopic (exact) mass is 415 g/mol. The zero-order valence-electron chi connectivity index (χ0n) is 18.2. The third-order valence-electron chi connectivity index (χ3n) is 7.06. The first-order valence-corrected chi connectivity index (χ1v) is 11.3. The van der Waals surface area contributed by atoms with Gasteiger partial charge in [0.2, 0.25) is 5.91 Å². The van der Waals surface area contributed by atoms with E-state index >= 15 is 0 Å². The average molecular weight is 416 g/mol. The number of aryl methyl sites for hydroxylation is 1. The highest BCUT2D eigenvalue weighted by molar-refractivity contribution is 6.02. The van der Waals surface area contributed by atoms with E-state index in [2.05, 4.69) is 36.0 Å². The quantitative estimate of drug-likeness (QED) is 0.683. The molecule has 1 atom stereocenters. The fourth-order valence-corrected chi connectivity index (χ4v) is 5.41. The van der Waals surface area contributed by atoms with Crippen LogP contribution in [-0.4, -0.2) is 33.9 Å². The lowest BCUT2D eigenvalue weighted by Crippen LogP contribution is -2.44. The van der Waals surface area contributed by atoms with E-state index in [1.165, 1.54) is 6.42 Å². The Balaban J connectivity index is 1.54. The van der Waals surface area contributed by atoms with E-state index in [0.29, 0.717) is 5.56 Å². The van der Waals surface area contributed by atoms with Gasteiger partial charge in [-0.15, -0.1) is 0 Å². The molecule has 160 valence electrons. The second kappa shape index (κ2) is 7.88. The number of benzene rings is 2. The third kappa shape index (κ3) is 3.32. The number of hydrogen-bond donors (Lipinski definition) is 1. The Morgan fingerprint density at radius 1 is 1.03 bits per heavy atom. The summed E-state index contributed by atoms with van der Waals surface area (Å²) in [6, 6.07) is 16.1. The van der Waals surface area contributed by atoms with Crippen LogP contribution in [0.4, 0.5) is 0 Å². The highest BCUT2D eigenvalue weighted by Gasteiger charge is 2.40. The van der Waals surface area contributed by atoms with Crippen LogP contribution in [0.15, 0.2) is 48.5 Å². The Morgan fingerprint density at radius 3 is 2.55 bits per heavy atom. The molecule has 1 saturated carbocycles. The van der Waals surface area contributed by atoms with Gasteiger partial charge in [0, 0.05) is 40.8 Å². The van der Waals surface area contributed by atoms with E-state index < -0.39 is 0 Å². The second-order valence-electron chi connectivity index (χ2n) is 8.90. The van der Waals surface area contributed by atoms with E-state index in [-0.39, 0.29) is 30.4 Å². The number of nitrogens with zero attached hydrogens (tertiary/aromatic N) is 2. The zero-order chi connectivity index (χ0) is 21.5. The number of nitrogens with one attached hydrogen (secondary N) is 1. The lowest BCUT2D eigenvalue weighted by atomic mass is 9.95. The number of amides is 2. The Hall–Kier alpha value is -3.08. The van der Waals surface area contributed by atoms with Gasteiger partial charge in [-0.3, -0.25) is 9.59 Å². The van der Waals surface area contributed by atoms with Gasteiger partial charge in [-0.1, -0.05) is 55.7 Å². The molecule has 0 unspecified atom stereocenters. The van der Waals surface area contributed by atoms with Crippen molar-refractivity contribution in [3.63, 3.8) is 0 Å². The number of aromatic nitrogens is 1. The van der Waals surface area contributed by atoms with Gasteiger partial charge in [0.15, 0.2) is 0 Å². The van der Waals surface area contributed by atoms with E-state index in [0.717, 1.165) is 53.4 Å². The minimum Gasteiger partial charge on any atom is -0.352 e. The number of rotatable bonds is 4. The molecule has 1 fully saturated rings. The molecule has 31 heavy (non-hydrogen) atoms. The fraction of sp³-hybridized carbons (Fsp3) is 0.385. The summed E-state index contributed by atoms with van der Waals surface area (Å²) in [6.45, 7) is 2.18. The molecule has 2 aromatic carbocycles. The van der Waals surface area contributed by atoms with Crippen molar-refractivity contribution in [2.75, 3.05) is 6.54 Å². The standard InChI is InChI=1S/C26H29N3O2/c1-17-24(21-14-8-9-15-22(21)28(17)2)25-19-12-6-7-13-20(19)26(31)29(25)16-23(30)27-18-10-4-3-5-11-18/h6-9,12-15,18,25H,3-5,10-11,16H2,1-2H3,(H,27,30)/t25-/m1/s1. The Morgan fingerprint density at radius 2 is 1.74 bits per heavy atom. The molecule has 0 radical (unpaired) electrons. The van der Waals surface area contributed by atoms with Crippen LogP contribution in [0.25, 0.3) is 10.9 Å². The van der Waals surface area contributed by atoms with Gasteiger partial charge in [0.25, 0.3) is 5.91 Å². The molecule has 5 rings (SSSR count). The predicted molar refractivity (Wildman–Crippen MR) is 122 cm³/mol. The molecule has 2 amide bonds. The van der Waals surface area contributed by atoms with E-state index in [1.807, 2.05) is 36.4 Å². The van der Waals surface area contributed by atoms with Gasteiger partial charge in [-0.05, 0) is 37.5 Å². The van der Waals surface area contributed by atoms with Crippen LogP contribution in [0.3, 0.4) is 0 Å². The van der Waals surface area contributed by atoms with Gasteiger partial charge in [-0.2, -0.15) is 0 Å². The largest absolute Gasteiger partial charge is 0.352 e. The summed E-state index contributed by atoms with van der Waals surface area (Å²) >= 11 is 0. The second-order valence-corrected chi connectivity index (χ2v) is 8.90. The number of carbonyl (C=O) groups is 2. The number of para-hydroxylation sites is 1. The first-order chi connectivity index (χ1) is 15.1. The van der Waals surface area contributed by atoms with Crippen molar-refractivity contribution in [1.82, 2.24) is 14.8 Å². The average Bonchev–Trinajstić information content (AvgIpc) is 3.20. The van der Waals surface area contributed by atoms with Crippen LogP contribution >= 0.6 is 0 Å². The first-order valence-electron chi connectivity index (χ1n) is 11.3. The zero-order valence-corrected chi connectivity index (χ0v) is 18.2. The summed E-state index contributed by atoms with van der Waals surface area (Å²) < 4.78 is 2.18. The summed E-state index contributed by atoms with van der Waals surface area (Å²) in [5.41, 5.74) is 5.05. The maximum atomic E-state index is 13.4. The first kappa shape index (κ1) is 19.9. The van der Waals surface area contributed by atoms with Gasteiger partial charge in [0.1, 0.15) is 6.54 Å². The smallest absolute Gasteiger partial charge is 0.255 e. The normalized spacial score (nSPS) is 19.1. The molecule has 3 aromatic rings. The van der Waals surface area contributed by atoms with Crippen LogP contribution in [0.5, 0.6) is 0 Å². The van der Waals surface area contributed by atoms with Crippen molar-refractivity contribution < 1.29 is 9.59 Å². The van der Waals surface area contributed by atoms with Crippen molar-refractivity contribution in [3.8, 4) is 0 Å². The van der Waals surface area contributed by atoms with Crippen LogP contribution in [-0.2, 0) is 11.8 Å². The van der Waals surface area contributed by atoms with Gasteiger partial charge in [-0.25, -0.2) is 0 Å². The molecule has 1 aliphatic carbocycles. The molecule has 0 saturated heterocycles. The van der Waals surface area contributed by atoms with Gasteiger partial charge >= 0.3 is 0 Å².